The van der Waals surface area contributed by atoms with Crippen molar-refractivity contribution in [2.75, 3.05) is 19.6 Å². The number of hydrogen-bond donors (Lipinski definition) is 2. The fraction of sp³-hybridized carbons (Fsp3) is 0.357. The fourth-order valence-electron chi connectivity index (χ4n) is 1.72. The summed E-state index contributed by atoms with van der Waals surface area (Å²) in [5.74, 6) is -1.87. The maximum atomic E-state index is 11.9. The van der Waals surface area contributed by atoms with Crippen molar-refractivity contribution < 1.29 is 19.5 Å². The van der Waals surface area contributed by atoms with Crippen LogP contribution in [0.1, 0.15) is 23.7 Å². The predicted octanol–water partition coefficient (Wildman–Crippen LogP) is 1.50. The van der Waals surface area contributed by atoms with Crippen molar-refractivity contribution in [2.24, 2.45) is 0 Å². The first-order valence-electron chi connectivity index (χ1n) is 6.47. The van der Waals surface area contributed by atoms with Crippen molar-refractivity contribution >= 4 is 33.7 Å². The van der Waals surface area contributed by atoms with E-state index in [1.807, 2.05) is 6.92 Å². The molecule has 0 aliphatic carbocycles. The summed E-state index contributed by atoms with van der Waals surface area (Å²) in [6.07, 6.45) is 0.651. The molecule has 1 rings (SSSR count). The molecule has 0 spiro atoms. The van der Waals surface area contributed by atoms with Crippen LogP contribution >= 0.6 is 15.9 Å². The van der Waals surface area contributed by atoms with E-state index in [1.54, 1.807) is 24.3 Å². The summed E-state index contributed by atoms with van der Waals surface area (Å²) in [4.78, 5) is 35.7. The Bertz CT molecular complexity index is 533. The van der Waals surface area contributed by atoms with Gasteiger partial charge in [0.05, 0.1) is 6.54 Å². The summed E-state index contributed by atoms with van der Waals surface area (Å²) in [7, 11) is 0. The number of carbonyl (C=O) groups excluding carboxylic acids is 2. The fourth-order valence-corrected chi connectivity index (χ4v) is 2.12. The first kappa shape index (κ1) is 17.2. The summed E-state index contributed by atoms with van der Waals surface area (Å²) >= 11 is 3.26. The van der Waals surface area contributed by atoms with Crippen LogP contribution < -0.4 is 5.32 Å². The number of nitrogens with one attached hydrogen (secondary N) is 1. The number of rotatable bonds is 7. The molecule has 21 heavy (non-hydrogen) atoms. The van der Waals surface area contributed by atoms with Crippen molar-refractivity contribution in [3.63, 3.8) is 0 Å². The number of benzene rings is 1. The maximum absolute atomic E-state index is 11.9. The minimum Gasteiger partial charge on any atom is -0.480 e. The Morgan fingerprint density at radius 2 is 2.05 bits per heavy atom. The average molecular weight is 357 g/mol. The Balaban J connectivity index is 2.58. The number of amides is 2. The van der Waals surface area contributed by atoms with Gasteiger partial charge in [-0.15, -0.1) is 0 Å². The number of carboxylic acid groups (broad SMARTS) is 1. The molecule has 2 N–H and O–H groups in total. The van der Waals surface area contributed by atoms with Crippen molar-refractivity contribution in [3.05, 3.63) is 34.3 Å². The SMILES string of the molecule is CCCN(CC(=O)O)C(=O)CNC(=O)c1cccc(Br)c1. The molecule has 7 heteroatoms. The van der Waals surface area contributed by atoms with Gasteiger partial charge in [0, 0.05) is 16.6 Å². The largest absolute Gasteiger partial charge is 0.480 e. The van der Waals surface area contributed by atoms with Crippen LogP contribution in [0.3, 0.4) is 0 Å². The number of nitrogens with zero attached hydrogens (tertiary/aromatic N) is 1. The van der Waals surface area contributed by atoms with Crippen LogP contribution in [0.5, 0.6) is 0 Å². The van der Waals surface area contributed by atoms with Crippen LogP contribution in [-0.4, -0.2) is 47.4 Å². The zero-order valence-electron chi connectivity index (χ0n) is 11.6. The standard InChI is InChI=1S/C14H17BrN2O4/c1-2-6-17(9-13(19)20)12(18)8-16-14(21)10-4-3-5-11(15)7-10/h3-5,7H,2,6,8-9H2,1H3,(H,16,21)(H,19,20). The molecule has 0 aliphatic heterocycles. The molecule has 0 aliphatic rings. The quantitative estimate of drug-likeness (QED) is 0.774. The van der Waals surface area contributed by atoms with E-state index in [2.05, 4.69) is 21.2 Å². The Hall–Kier alpha value is -1.89. The first-order chi connectivity index (χ1) is 9.93. The third-order valence-corrected chi connectivity index (χ3v) is 3.15. The molecule has 0 unspecified atom stereocenters. The average Bonchev–Trinajstić information content (AvgIpc) is 2.43. The van der Waals surface area contributed by atoms with Gasteiger partial charge in [-0.05, 0) is 24.6 Å². The summed E-state index contributed by atoms with van der Waals surface area (Å²) in [6.45, 7) is 1.61. The van der Waals surface area contributed by atoms with E-state index in [-0.39, 0.29) is 19.0 Å². The van der Waals surface area contributed by atoms with Gasteiger partial charge in [0.25, 0.3) is 5.91 Å². The highest BCUT2D eigenvalue weighted by atomic mass is 79.9. The van der Waals surface area contributed by atoms with E-state index in [4.69, 9.17) is 5.11 Å². The van der Waals surface area contributed by atoms with Crippen LogP contribution in [0, 0.1) is 0 Å². The molecule has 0 heterocycles. The van der Waals surface area contributed by atoms with Crippen LogP contribution in [0.25, 0.3) is 0 Å². The van der Waals surface area contributed by atoms with Crippen LogP contribution in [0.2, 0.25) is 0 Å². The molecule has 0 saturated carbocycles. The van der Waals surface area contributed by atoms with E-state index >= 15 is 0 Å². The second kappa shape index (κ2) is 8.41. The lowest BCUT2D eigenvalue weighted by Gasteiger charge is -2.20. The normalized spacial score (nSPS) is 10.0. The van der Waals surface area contributed by atoms with Gasteiger partial charge >= 0.3 is 5.97 Å². The number of aliphatic carboxylic acids is 1. The zero-order chi connectivity index (χ0) is 15.8. The highest BCUT2D eigenvalue weighted by Gasteiger charge is 2.16. The van der Waals surface area contributed by atoms with E-state index in [9.17, 15) is 14.4 Å². The molecule has 0 aromatic heterocycles. The highest BCUT2D eigenvalue weighted by Crippen LogP contribution is 2.11. The van der Waals surface area contributed by atoms with Gasteiger partial charge in [0.2, 0.25) is 5.91 Å². The highest BCUT2D eigenvalue weighted by molar-refractivity contribution is 9.10. The van der Waals surface area contributed by atoms with E-state index in [0.29, 0.717) is 18.5 Å². The molecule has 1 aromatic carbocycles. The van der Waals surface area contributed by atoms with Gasteiger partial charge in [-0.2, -0.15) is 0 Å². The van der Waals surface area contributed by atoms with Gasteiger partial charge in [0.15, 0.2) is 0 Å². The van der Waals surface area contributed by atoms with Gasteiger partial charge in [-0.25, -0.2) is 0 Å². The van der Waals surface area contributed by atoms with E-state index < -0.39 is 11.9 Å². The van der Waals surface area contributed by atoms with E-state index in [1.165, 1.54) is 4.90 Å². The molecule has 1 aromatic rings. The topological polar surface area (TPSA) is 86.7 Å². The van der Waals surface area contributed by atoms with Crippen LogP contribution in [-0.2, 0) is 9.59 Å². The van der Waals surface area contributed by atoms with Gasteiger partial charge < -0.3 is 15.3 Å². The van der Waals surface area contributed by atoms with Gasteiger partial charge in [-0.3, -0.25) is 14.4 Å². The summed E-state index contributed by atoms with van der Waals surface area (Å²) < 4.78 is 0.764. The van der Waals surface area contributed by atoms with E-state index in [0.717, 1.165) is 4.47 Å². The number of carboxylic acids is 1. The Morgan fingerprint density at radius 1 is 1.33 bits per heavy atom. The van der Waals surface area contributed by atoms with Crippen LogP contribution in [0.4, 0.5) is 0 Å². The van der Waals surface area contributed by atoms with Crippen molar-refractivity contribution in [1.82, 2.24) is 10.2 Å². The second-order valence-electron chi connectivity index (χ2n) is 4.40. The first-order valence-corrected chi connectivity index (χ1v) is 7.26. The lowest BCUT2D eigenvalue weighted by atomic mass is 10.2. The van der Waals surface area contributed by atoms with Crippen molar-refractivity contribution in [2.45, 2.75) is 13.3 Å². The molecule has 0 bridgehead atoms. The molecule has 0 fully saturated rings. The van der Waals surface area contributed by atoms with Crippen LogP contribution in [0.15, 0.2) is 28.7 Å². The summed E-state index contributed by atoms with van der Waals surface area (Å²) in [6, 6.07) is 6.78. The molecule has 0 saturated heterocycles. The van der Waals surface area contributed by atoms with Crippen molar-refractivity contribution in [1.29, 1.82) is 0 Å². The Morgan fingerprint density at radius 3 is 2.62 bits per heavy atom. The third-order valence-electron chi connectivity index (χ3n) is 2.66. The lowest BCUT2D eigenvalue weighted by molar-refractivity contribution is -0.144. The van der Waals surface area contributed by atoms with Gasteiger partial charge in [-0.1, -0.05) is 28.9 Å². The van der Waals surface area contributed by atoms with Crippen molar-refractivity contribution in [3.8, 4) is 0 Å². The molecular weight excluding hydrogens is 340 g/mol. The summed E-state index contributed by atoms with van der Waals surface area (Å²) in [5.41, 5.74) is 0.428. The Kier molecular flexibility index (Phi) is 6.87. The molecular formula is C14H17BrN2O4. The third kappa shape index (κ3) is 5.95. The Labute approximate surface area is 131 Å². The molecule has 0 atom stereocenters. The minimum absolute atomic E-state index is 0.224. The number of halogens is 1. The predicted molar refractivity (Wildman–Crippen MR) is 81.0 cm³/mol. The monoisotopic (exact) mass is 356 g/mol. The summed E-state index contributed by atoms with van der Waals surface area (Å²) in [5, 5.41) is 11.3. The number of hydrogen-bond acceptors (Lipinski definition) is 3. The smallest absolute Gasteiger partial charge is 0.323 e. The van der Waals surface area contributed by atoms with Gasteiger partial charge in [0.1, 0.15) is 6.54 Å². The number of carbonyl (C=O) groups is 3. The molecule has 2 amide bonds. The lowest BCUT2D eigenvalue weighted by Crippen LogP contribution is -2.42. The molecule has 0 radical (unpaired) electrons. The second-order valence-corrected chi connectivity index (χ2v) is 5.32. The molecule has 114 valence electrons. The minimum atomic E-state index is -1.07. The maximum Gasteiger partial charge on any atom is 0.323 e. The zero-order valence-corrected chi connectivity index (χ0v) is 13.2. The molecule has 6 nitrogen and oxygen atoms in total.